The van der Waals surface area contributed by atoms with Crippen LogP contribution < -0.4 is 0 Å². The summed E-state index contributed by atoms with van der Waals surface area (Å²) in [5.41, 5.74) is 3.31. The summed E-state index contributed by atoms with van der Waals surface area (Å²) in [7, 11) is 0. The molecule has 1 aliphatic heterocycles. The molecule has 2 aromatic carbocycles. The number of fused-ring (bicyclic) bond motifs is 3. The van der Waals surface area contributed by atoms with Gasteiger partial charge in [-0.05, 0) is 44.2 Å². The number of carbonyl (C=O) groups excluding carboxylic acids is 1. The highest BCUT2D eigenvalue weighted by Crippen LogP contribution is 2.32. The normalized spacial score (nSPS) is 14.8. The Kier molecular flexibility index (Phi) is 5.78. The zero-order valence-electron chi connectivity index (χ0n) is 16.5. The number of para-hydroxylation sites is 1. The molecule has 0 unspecified atom stereocenters. The van der Waals surface area contributed by atoms with Gasteiger partial charge in [0, 0.05) is 17.5 Å². The number of benzene rings is 2. The van der Waals surface area contributed by atoms with Crippen LogP contribution in [0.25, 0.3) is 5.69 Å². The van der Waals surface area contributed by atoms with Crippen LogP contribution in [0.15, 0.2) is 53.5 Å². The van der Waals surface area contributed by atoms with Crippen molar-refractivity contribution in [1.29, 1.82) is 0 Å². The number of nitrogens with zero attached hydrogens (tertiary/aromatic N) is 4. The highest BCUT2D eigenvalue weighted by atomic mass is 19.1. The minimum Gasteiger partial charge on any atom is -0.300 e. The Morgan fingerprint density at radius 1 is 1.07 bits per heavy atom. The summed E-state index contributed by atoms with van der Waals surface area (Å²) in [6.07, 6.45) is 0.233. The van der Waals surface area contributed by atoms with Gasteiger partial charge >= 0.3 is 0 Å². The van der Waals surface area contributed by atoms with E-state index in [1.807, 2.05) is 49.6 Å². The summed E-state index contributed by atoms with van der Waals surface area (Å²) in [6, 6.07) is 13.6. The lowest BCUT2D eigenvalue weighted by Gasteiger charge is -2.12. The first kappa shape index (κ1) is 19.6. The van der Waals surface area contributed by atoms with Gasteiger partial charge in [-0.2, -0.15) is 0 Å². The number of ketones is 1. The predicted octanol–water partition coefficient (Wildman–Crippen LogP) is 4.61. The van der Waals surface area contributed by atoms with Crippen molar-refractivity contribution in [1.82, 2.24) is 14.8 Å². The molecule has 1 aliphatic rings. The third kappa shape index (κ3) is 3.63. The van der Waals surface area contributed by atoms with E-state index in [2.05, 4.69) is 10.2 Å². The summed E-state index contributed by atoms with van der Waals surface area (Å²) in [5.74, 6) is 1.10. The second-order valence-corrected chi connectivity index (χ2v) is 6.36. The van der Waals surface area contributed by atoms with Crippen molar-refractivity contribution in [2.75, 3.05) is 0 Å². The molecule has 0 spiro atoms. The smallest absolute Gasteiger partial charge is 0.162 e. The van der Waals surface area contributed by atoms with Crippen molar-refractivity contribution in [3.63, 3.8) is 0 Å². The van der Waals surface area contributed by atoms with Gasteiger partial charge in [0.15, 0.2) is 5.82 Å². The highest BCUT2D eigenvalue weighted by molar-refractivity contribution is 6.15. The number of Topliss-reactive ketones (excluding diaryl/α,β-unsaturated/α-hetero) is 1. The lowest BCUT2D eigenvalue weighted by Crippen LogP contribution is -2.09. The zero-order chi connectivity index (χ0) is 20.3. The minimum atomic E-state index is -0.443. The number of aromatic nitrogens is 3. The molecular formula is C22H23FN4O. The molecule has 1 aromatic heterocycles. The summed E-state index contributed by atoms with van der Waals surface area (Å²) >= 11 is 0. The fourth-order valence-electron chi connectivity index (χ4n) is 3.29. The Labute approximate surface area is 164 Å². The van der Waals surface area contributed by atoms with Crippen molar-refractivity contribution in [2.45, 2.75) is 40.2 Å². The molecule has 144 valence electrons. The lowest BCUT2D eigenvalue weighted by molar-refractivity contribution is -0.117. The first-order valence-electron chi connectivity index (χ1n) is 9.39. The molecule has 0 fully saturated rings. The maximum atomic E-state index is 13.4. The Morgan fingerprint density at radius 2 is 1.75 bits per heavy atom. The number of hydrogen-bond acceptors (Lipinski definition) is 4. The largest absolute Gasteiger partial charge is 0.300 e. The van der Waals surface area contributed by atoms with E-state index in [-0.39, 0.29) is 18.0 Å². The Balaban J connectivity index is 0.00000109. The molecule has 4 rings (SSSR count). The SMILES string of the molecule is CC.CC(=O)C[C@@H]1N=C(c2ccc(F)cc2)c2ccccc2-n2c(C)nnc21. The number of halogens is 1. The van der Waals surface area contributed by atoms with Crippen molar-refractivity contribution in [2.24, 2.45) is 4.99 Å². The summed E-state index contributed by atoms with van der Waals surface area (Å²) in [6.45, 7) is 7.42. The van der Waals surface area contributed by atoms with E-state index in [0.29, 0.717) is 5.82 Å². The van der Waals surface area contributed by atoms with Gasteiger partial charge in [-0.3, -0.25) is 14.4 Å². The molecule has 5 nitrogen and oxygen atoms in total. The second kappa shape index (κ2) is 8.25. The van der Waals surface area contributed by atoms with Crippen LogP contribution in [0.5, 0.6) is 0 Å². The number of aliphatic imine (C=N–C) groups is 1. The van der Waals surface area contributed by atoms with E-state index in [4.69, 9.17) is 4.99 Å². The van der Waals surface area contributed by atoms with E-state index in [0.717, 1.165) is 28.4 Å². The van der Waals surface area contributed by atoms with Crippen LogP contribution >= 0.6 is 0 Å². The maximum absolute atomic E-state index is 13.4. The van der Waals surface area contributed by atoms with Gasteiger partial charge in [0.05, 0.1) is 11.4 Å². The van der Waals surface area contributed by atoms with E-state index in [9.17, 15) is 9.18 Å². The molecule has 0 aliphatic carbocycles. The quantitative estimate of drug-likeness (QED) is 0.668. The summed E-state index contributed by atoms with van der Waals surface area (Å²) < 4.78 is 15.3. The molecular weight excluding hydrogens is 355 g/mol. The third-order valence-corrected chi connectivity index (χ3v) is 4.43. The van der Waals surface area contributed by atoms with Crippen LogP contribution in [0.4, 0.5) is 4.39 Å². The van der Waals surface area contributed by atoms with Gasteiger partial charge in [-0.15, -0.1) is 10.2 Å². The minimum absolute atomic E-state index is 0.0235. The fraction of sp³-hybridized carbons (Fsp3) is 0.273. The summed E-state index contributed by atoms with van der Waals surface area (Å²) in [5, 5.41) is 8.47. The lowest BCUT2D eigenvalue weighted by atomic mass is 10.00. The van der Waals surface area contributed by atoms with Crippen molar-refractivity contribution in [3.05, 3.63) is 77.1 Å². The van der Waals surface area contributed by atoms with Crippen molar-refractivity contribution in [3.8, 4) is 5.69 Å². The van der Waals surface area contributed by atoms with Gasteiger partial charge in [-0.1, -0.05) is 32.0 Å². The monoisotopic (exact) mass is 378 g/mol. The van der Waals surface area contributed by atoms with Crippen molar-refractivity contribution >= 4 is 11.5 Å². The maximum Gasteiger partial charge on any atom is 0.162 e. The first-order valence-corrected chi connectivity index (χ1v) is 9.39. The Hall–Kier alpha value is -3.15. The molecule has 0 amide bonds. The number of hydrogen-bond donors (Lipinski definition) is 0. The van der Waals surface area contributed by atoms with Crippen LogP contribution in [0.1, 0.15) is 56.0 Å². The summed E-state index contributed by atoms with van der Waals surface area (Å²) in [4.78, 5) is 16.7. The zero-order valence-corrected chi connectivity index (χ0v) is 16.5. The van der Waals surface area contributed by atoms with E-state index >= 15 is 0 Å². The van der Waals surface area contributed by atoms with Crippen LogP contribution in [-0.2, 0) is 4.79 Å². The molecule has 28 heavy (non-hydrogen) atoms. The standard InChI is InChI=1S/C20H17FN4O.C2H6/c1-12(26)11-17-20-24-23-13(2)25(20)18-6-4-3-5-16(18)19(22-17)14-7-9-15(21)10-8-14;1-2/h3-10,17H,11H2,1-2H3;1-2H3/t17-;/m0./s1. The van der Waals surface area contributed by atoms with E-state index in [1.54, 1.807) is 19.1 Å². The van der Waals surface area contributed by atoms with Crippen LogP contribution in [0.3, 0.4) is 0 Å². The fourth-order valence-corrected chi connectivity index (χ4v) is 3.29. The first-order chi connectivity index (χ1) is 13.5. The van der Waals surface area contributed by atoms with Crippen LogP contribution in [-0.4, -0.2) is 26.3 Å². The van der Waals surface area contributed by atoms with Gasteiger partial charge < -0.3 is 0 Å². The van der Waals surface area contributed by atoms with Crippen molar-refractivity contribution < 1.29 is 9.18 Å². The average Bonchev–Trinajstić information content (AvgIpc) is 3.02. The van der Waals surface area contributed by atoms with Gasteiger partial charge in [0.1, 0.15) is 23.5 Å². The molecule has 0 radical (unpaired) electrons. The molecule has 0 N–H and O–H groups in total. The molecule has 3 aromatic rings. The van der Waals surface area contributed by atoms with E-state index in [1.165, 1.54) is 12.1 Å². The van der Waals surface area contributed by atoms with Crippen LogP contribution in [0.2, 0.25) is 0 Å². The number of rotatable bonds is 3. The predicted molar refractivity (Wildman–Crippen MR) is 108 cm³/mol. The molecule has 0 bridgehead atoms. The highest BCUT2D eigenvalue weighted by Gasteiger charge is 2.28. The number of aryl methyl sites for hydroxylation is 1. The number of carbonyl (C=O) groups is 1. The molecule has 0 saturated heterocycles. The Morgan fingerprint density at radius 3 is 2.43 bits per heavy atom. The van der Waals surface area contributed by atoms with Gasteiger partial charge in [-0.25, -0.2) is 4.39 Å². The second-order valence-electron chi connectivity index (χ2n) is 6.36. The topological polar surface area (TPSA) is 60.1 Å². The molecule has 1 atom stereocenters. The van der Waals surface area contributed by atoms with Gasteiger partial charge in [0.25, 0.3) is 0 Å². The third-order valence-electron chi connectivity index (χ3n) is 4.43. The van der Waals surface area contributed by atoms with Crippen LogP contribution in [0, 0.1) is 12.7 Å². The Bertz CT molecular complexity index is 1020. The molecule has 0 saturated carbocycles. The molecule has 6 heteroatoms. The van der Waals surface area contributed by atoms with E-state index < -0.39 is 6.04 Å². The van der Waals surface area contributed by atoms with Gasteiger partial charge in [0.2, 0.25) is 0 Å². The molecule has 2 heterocycles. The average molecular weight is 378 g/mol.